The first-order chi connectivity index (χ1) is 11.4. The van der Waals surface area contributed by atoms with E-state index >= 15 is 0 Å². The molecule has 1 aliphatic carbocycles. The van der Waals surface area contributed by atoms with E-state index in [0.29, 0.717) is 18.5 Å². The third kappa shape index (κ3) is 2.75. The predicted octanol–water partition coefficient (Wildman–Crippen LogP) is 2.58. The zero-order chi connectivity index (χ0) is 17.4. The Labute approximate surface area is 141 Å². The Morgan fingerprint density at radius 3 is 2.25 bits per heavy atom. The standard InChI is InChI=1S/C19H22N2O3/c1-11-8-9-16(12(2)10-11)20-17(22)13(3)21-18(23)14-6-4-5-7-15(14)19(21)24/h4-5,8-10,13-15H,6-7H2,1-3H3,(H,20,22)/t13-,14+,15+/m0/s1. The summed E-state index contributed by atoms with van der Waals surface area (Å²) in [6.07, 6.45) is 5.04. The minimum absolute atomic E-state index is 0.224. The van der Waals surface area contributed by atoms with Gasteiger partial charge in [0.25, 0.3) is 0 Å². The fourth-order valence-corrected chi connectivity index (χ4v) is 3.52. The zero-order valence-corrected chi connectivity index (χ0v) is 14.2. The number of allylic oxidation sites excluding steroid dienone is 2. The van der Waals surface area contributed by atoms with Crippen LogP contribution < -0.4 is 5.32 Å². The molecule has 5 nitrogen and oxygen atoms in total. The Hall–Kier alpha value is -2.43. The molecular weight excluding hydrogens is 304 g/mol. The monoisotopic (exact) mass is 326 g/mol. The number of carbonyl (C=O) groups excluding carboxylic acids is 3. The van der Waals surface area contributed by atoms with Crippen molar-refractivity contribution in [2.24, 2.45) is 11.8 Å². The molecule has 5 heteroatoms. The lowest BCUT2D eigenvalue weighted by atomic mass is 9.85. The number of fused-ring (bicyclic) bond motifs is 1. The second kappa shape index (κ2) is 6.23. The Morgan fingerprint density at radius 2 is 1.71 bits per heavy atom. The lowest BCUT2D eigenvalue weighted by Gasteiger charge is -2.23. The maximum absolute atomic E-state index is 12.6. The summed E-state index contributed by atoms with van der Waals surface area (Å²) in [7, 11) is 0. The first-order valence-corrected chi connectivity index (χ1v) is 8.30. The molecule has 1 fully saturated rings. The molecule has 3 rings (SSSR count). The van der Waals surface area contributed by atoms with Crippen molar-refractivity contribution in [2.75, 3.05) is 5.32 Å². The second-order valence-electron chi connectivity index (χ2n) is 6.69. The van der Waals surface area contributed by atoms with Gasteiger partial charge in [0, 0.05) is 5.69 Å². The number of hydrogen-bond donors (Lipinski definition) is 1. The molecule has 0 spiro atoms. The highest BCUT2D eigenvalue weighted by atomic mass is 16.2. The van der Waals surface area contributed by atoms with E-state index in [-0.39, 0.29) is 29.6 Å². The number of benzene rings is 1. The number of nitrogens with zero attached hydrogens (tertiary/aromatic N) is 1. The maximum atomic E-state index is 12.6. The number of likely N-dealkylation sites (tertiary alicyclic amines) is 1. The highest BCUT2D eigenvalue weighted by Crippen LogP contribution is 2.36. The molecule has 1 aromatic carbocycles. The third-order valence-corrected chi connectivity index (χ3v) is 4.95. The van der Waals surface area contributed by atoms with Gasteiger partial charge in [-0.05, 0) is 45.2 Å². The minimum Gasteiger partial charge on any atom is -0.324 e. The van der Waals surface area contributed by atoms with Gasteiger partial charge in [0.05, 0.1) is 11.8 Å². The van der Waals surface area contributed by atoms with E-state index in [1.165, 1.54) is 0 Å². The number of amides is 3. The van der Waals surface area contributed by atoms with Crippen LogP contribution in [0.4, 0.5) is 5.69 Å². The van der Waals surface area contributed by atoms with Crippen molar-refractivity contribution in [1.29, 1.82) is 0 Å². The molecule has 0 radical (unpaired) electrons. The van der Waals surface area contributed by atoms with Gasteiger partial charge in [-0.25, -0.2) is 0 Å². The van der Waals surface area contributed by atoms with Crippen LogP contribution in [0.15, 0.2) is 30.4 Å². The van der Waals surface area contributed by atoms with E-state index in [1.807, 2.05) is 44.2 Å². The van der Waals surface area contributed by atoms with Crippen molar-refractivity contribution >= 4 is 23.4 Å². The van der Waals surface area contributed by atoms with E-state index in [1.54, 1.807) is 6.92 Å². The van der Waals surface area contributed by atoms with E-state index in [9.17, 15) is 14.4 Å². The molecule has 1 N–H and O–H groups in total. The summed E-state index contributed by atoms with van der Waals surface area (Å²) >= 11 is 0. The second-order valence-corrected chi connectivity index (χ2v) is 6.69. The maximum Gasteiger partial charge on any atom is 0.247 e. The molecule has 1 aliphatic heterocycles. The van der Waals surface area contributed by atoms with Crippen molar-refractivity contribution < 1.29 is 14.4 Å². The first kappa shape index (κ1) is 16.4. The summed E-state index contributed by atoms with van der Waals surface area (Å²) in [5.74, 6) is -1.40. The lowest BCUT2D eigenvalue weighted by Crippen LogP contribution is -2.46. The summed E-state index contributed by atoms with van der Waals surface area (Å²) in [6, 6.07) is 4.93. The van der Waals surface area contributed by atoms with Gasteiger partial charge in [-0.3, -0.25) is 19.3 Å². The fraction of sp³-hybridized carbons (Fsp3) is 0.421. The fourth-order valence-electron chi connectivity index (χ4n) is 3.52. The smallest absolute Gasteiger partial charge is 0.247 e. The van der Waals surface area contributed by atoms with Crippen LogP contribution in [0.25, 0.3) is 0 Å². The Morgan fingerprint density at radius 1 is 1.12 bits per heavy atom. The number of anilines is 1. The van der Waals surface area contributed by atoms with Crippen molar-refractivity contribution in [3.63, 3.8) is 0 Å². The van der Waals surface area contributed by atoms with Gasteiger partial charge in [0.15, 0.2) is 0 Å². The Kier molecular flexibility index (Phi) is 4.26. The number of nitrogens with one attached hydrogen (secondary N) is 1. The third-order valence-electron chi connectivity index (χ3n) is 4.95. The molecule has 0 saturated carbocycles. The zero-order valence-electron chi connectivity index (χ0n) is 14.2. The van der Waals surface area contributed by atoms with Crippen molar-refractivity contribution in [3.8, 4) is 0 Å². The number of carbonyl (C=O) groups is 3. The van der Waals surface area contributed by atoms with Crippen molar-refractivity contribution in [2.45, 2.75) is 39.7 Å². The number of imide groups is 1. The van der Waals surface area contributed by atoms with E-state index in [2.05, 4.69) is 5.32 Å². The molecule has 126 valence electrons. The molecular formula is C19H22N2O3. The molecule has 1 heterocycles. The topological polar surface area (TPSA) is 66.5 Å². The quantitative estimate of drug-likeness (QED) is 0.686. The van der Waals surface area contributed by atoms with Gasteiger partial charge in [-0.1, -0.05) is 29.8 Å². The van der Waals surface area contributed by atoms with E-state index in [4.69, 9.17) is 0 Å². The molecule has 0 bridgehead atoms. The first-order valence-electron chi connectivity index (χ1n) is 8.30. The van der Waals surface area contributed by atoms with Crippen LogP contribution in [0.1, 0.15) is 30.9 Å². The van der Waals surface area contributed by atoms with Crippen LogP contribution in [-0.4, -0.2) is 28.7 Å². The van der Waals surface area contributed by atoms with E-state index < -0.39 is 6.04 Å². The molecule has 0 aromatic heterocycles. The molecule has 24 heavy (non-hydrogen) atoms. The summed E-state index contributed by atoms with van der Waals surface area (Å²) in [4.78, 5) is 38.8. The van der Waals surface area contributed by atoms with Crippen LogP contribution >= 0.6 is 0 Å². The Balaban J connectivity index is 1.76. The molecule has 2 aliphatic rings. The summed E-state index contributed by atoms with van der Waals surface area (Å²) < 4.78 is 0. The average molecular weight is 326 g/mol. The average Bonchev–Trinajstić information content (AvgIpc) is 2.81. The lowest BCUT2D eigenvalue weighted by molar-refractivity contribution is -0.146. The summed E-state index contributed by atoms with van der Waals surface area (Å²) in [5.41, 5.74) is 2.77. The predicted molar refractivity (Wildman–Crippen MR) is 91.2 cm³/mol. The molecule has 0 unspecified atom stereocenters. The van der Waals surface area contributed by atoms with Gasteiger partial charge >= 0.3 is 0 Å². The number of aryl methyl sites for hydroxylation is 2. The SMILES string of the molecule is Cc1ccc(NC(=O)[C@H](C)N2C(=O)[C@@H]3CC=CC[C@H]3C2=O)c(C)c1. The van der Waals surface area contributed by atoms with Crippen LogP contribution in [0.3, 0.4) is 0 Å². The Bertz CT molecular complexity index is 712. The van der Waals surface area contributed by atoms with Crippen molar-refractivity contribution in [1.82, 2.24) is 4.90 Å². The minimum atomic E-state index is -0.809. The van der Waals surface area contributed by atoms with Gasteiger partial charge in [-0.15, -0.1) is 0 Å². The van der Waals surface area contributed by atoms with Gasteiger partial charge < -0.3 is 5.32 Å². The molecule has 3 atom stereocenters. The summed E-state index contributed by atoms with van der Waals surface area (Å²) in [6.45, 7) is 5.51. The van der Waals surface area contributed by atoms with E-state index in [0.717, 1.165) is 16.0 Å². The van der Waals surface area contributed by atoms with Crippen LogP contribution in [0.2, 0.25) is 0 Å². The van der Waals surface area contributed by atoms with Gasteiger partial charge in [0.2, 0.25) is 17.7 Å². The molecule has 3 amide bonds. The normalized spacial score (nSPS) is 24.0. The summed E-state index contributed by atoms with van der Waals surface area (Å²) in [5, 5.41) is 2.84. The largest absolute Gasteiger partial charge is 0.324 e. The molecule has 1 saturated heterocycles. The van der Waals surface area contributed by atoms with Gasteiger partial charge in [0.1, 0.15) is 6.04 Å². The van der Waals surface area contributed by atoms with Gasteiger partial charge in [-0.2, -0.15) is 0 Å². The van der Waals surface area contributed by atoms with Crippen LogP contribution in [0.5, 0.6) is 0 Å². The van der Waals surface area contributed by atoms with Crippen LogP contribution in [-0.2, 0) is 14.4 Å². The van der Waals surface area contributed by atoms with Crippen molar-refractivity contribution in [3.05, 3.63) is 41.5 Å². The number of rotatable bonds is 3. The molecule has 1 aromatic rings. The highest BCUT2D eigenvalue weighted by molar-refractivity contribution is 6.10. The van der Waals surface area contributed by atoms with Crippen LogP contribution in [0, 0.1) is 25.7 Å². The number of hydrogen-bond acceptors (Lipinski definition) is 3. The highest BCUT2D eigenvalue weighted by Gasteiger charge is 2.50.